The lowest BCUT2D eigenvalue weighted by molar-refractivity contribution is 0.196. The lowest BCUT2D eigenvalue weighted by Gasteiger charge is -2.37. The highest BCUT2D eigenvalue weighted by atomic mass is 15.3. The molecule has 152 valence electrons. The third-order valence-electron chi connectivity index (χ3n) is 4.22. The van der Waals surface area contributed by atoms with Gasteiger partial charge in [-0.1, -0.05) is 48.0 Å². The molecule has 2 aliphatic heterocycles. The van der Waals surface area contributed by atoms with Crippen LogP contribution in [0.5, 0.6) is 0 Å². The van der Waals surface area contributed by atoms with Crippen molar-refractivity contribution in [3.63, 3.8) is 0 Å². The van der Waals surface area contributed by atoms with Crippen LogP contribution in [0.2, 0.25) is 0 Å². The number of rotatable bonds is 3. The van der Waals surface area contributed by atoms with Gasteiger partial charge in [0.1, 0.15) is 5.82 Å². The van der Waals surface area contributed by atoms with Crippen molar-refractivity contribution in [3.8, 4) is 0 Å². The normalized spacial score (nSPS) is 17.7. The number of nitrogens with zero attached hydrogens (tertiary/aromatic N) is 4. The lowest BCUT2D eigenvalue weighted by Crippen LogP contribution is -2.48. The molecule has 2 aliphatic rings. The molecule has 0 bridgehead atoms. The Morgan fingerprint density at radius 2 is 1.54 bits per heavy atom. The van der Waals surface area contributed by atoms with E-state index >= 15 is 0 Å². The fraction of sp³-hybridized carbons (Fsp3) is 0.810. The zero-order chi connectivity index (χ0) is 19.6. The second kappa shape index (κ2) is 17.2. The topological polar surface area (TPSA) is 44.3 Å². The van der Waals surface area contributed by atoms with Gasteiger partial charge in [-0.15, -0.1) is 0 Å². The largest absolute Gasteiger partial charge is 0.353 e. The van der Waals surface area contributed by atoms with Crippen LogP contribution in [0, 0.1) is 5.92 Å². The Balaban J connectivity index is 0.000000793. The second-order valence-electron chi connectivity index (χ2n) is 6.25. The Labute approximate surface area is 162 Å². The molecule has 0 aromatic carbocycles. The maximum absolute atomic E-state index is 4.38. The van der Waals surface area contributed by atoms with Crippen LogP contribution in [0.15, 0.2) is 18.6 Å². The predicted octanol–water partition coefficient (Wildman–Crippen LogP) is 4.07. The molecule has 0 radical (unpaired) electrons. The van der Waals surface area contributed by atoms with Crippen LogP contribution in [-0.2, 0) is 0 Å². The van der Waals surface area contributed by atoms with Crippen LogP contribution in [0.25, 0.3) is 0 Å². The average molecular weight is 366 g/mol. The van der Waals surface area contributed by atoms with E-state index < -0.39 is 0 Å². The molecule has 5 heteroatoms. The van der Waals surface area contributed by atoms with Crippen LogP contribution in [0.1, 0.15) is 60.8 Å². The van der Waals surface area contributed by atoms with Gasteiger partial charge in [0.05, 0.1) is 6.20 Å². The number of hydrogen-bond donors (Lipinski definition) is 1. The van der Waals surface area contributed by atoms with E-state index in [-0.39, 0.29) is 0 Å². The first-order chi connectivity index (χ1) is 12.8. The van der Waals surface area contributed by atoms with Crippen molar-refractivity contribution in [3.05, 3.63) is 18.6 Å². The highest BCUT2D eigenvalue weighted by Gasteiger charge is 2.21. The summed E-state index contributed by atoms with van der Waals surface area (Å²) in [7, 11) is 0. The molecule has 1 aromatic heterocycles. The van der Waals surface area contributed by atoms with E-state index in [1.165, 1.54) is 38.9 Å². The summed E-state index contributed by atoms with van der Waals surface area (Å²) in [5.74, 6) is 1.91. The molecule has 0 unspecified atom stereocenters. The van der Waals surface area contributed by atoms with Gasteiger partial charge in [0, 0.05) is 45.1 Å². The summed E-state index contributed by atoms with van der Waals surface area (Å²) >= 11 is 0. The molecule has 1 N–H and O–H groups in total. The maximum atomic E-state index is 4.38. The van der Waals surface area contributed by atoms with E-state index in [0.717, 1.165) is 37.9 Å². The standard InChI is InChI=1S/C14H23N5.C3H8.2C2H6/c1-3-15-4-2-13(1)12-18-7-9-19(10-8-18)14-11-16-5-6-17-14;1-3-2;2*1-2/h5-6,11,13,15H,1-4,7-10,12H2;3H2,1-2H3;2*1-2H3. The lowest BCUT2D eigenvalue weighted by atomic mass is 9.97. The number of piperidine rings is 1. The summed E-state index contributed by atoms with van der Waals surface area (Å²) in [6.45, 7) is 20.4. The first kappa shape index (κ1) is 24.8. The first-order valence-corrected chi connectivity index (χ1v) is 10.8. The predicted molar refractivity (Wildman–Crippen MR) is 115 cm³/mol. The van der Waals surface area contributed by atoms with E-state index in [0.29, 0.717) is 0 Å². The second-order valence-corrected chi connectivity index (χ2v) is 6.25. The molecule has 0 amide bonds. The Bertz CT molecular complexity index is 385. The molecule has 1 aromatic rings. The summed E-state index contributed by atoms with van der Waals surface area (Å²) in [5, 5.41) is 3.44. The molecule has 26 heavy (non-hydrogen) atoms. The molecule has 3 heterocycles. The fourth-order valence-electron chi connectivity index (χ4n) is 3.04. The molecule has 0 saturated carbocycles. The van der Waals surface area contributed by atoms with E-state index in [1.807, 2.05) is 33.9 Å². The van der Waals surface area contributed by atoms with Gasteiger partial charge in [-0.05, 0) is 31.8 Å². The summed E-state index contributed by atoms with van der Waals surface area (Å²) in [4.78, 5) is 13.5. The molecule has 3 rings (SSSR count). The van der Waals surface area contributed by atoms with Crippen molar-refractivity contribution in [1.29, 1.82) is 0 Å². The van der Waals surface area contributed by atoms with Crippen molar-refractivity contribution in [2.24, 2.45) is 5.92 Å². The molecule has 0 spiro atoms. The van der Waals surface area contributed by atoms with Gasteiger partial charge < -0.3 is 10.2 Å². The van der Waals surface area contributed by atoms with Gasteiger partial charge in [-0.2, -0.15) is 0 Å². The first-order valence-electron chi connectivity index (χ1n) is 10.8. The zero-order valence-corrected chi connectivity index (χ0v) is 18.2. The number of aromatic nitrogens is 2. The van der Waals surface area contributed by atoms with Gasteiger partial charge in [0.2, 0.25) is 0 Å². The van der Waals surface area contributed by atoms with Crippen molar-refractivity contribution < 1.29 is 0 Å². The van der Waals surface area contributed by atoms with Crippen molar-refractivity contribution >= 4 is 5.82 Å². The Morgan fingerprint density at radius 3 is 2.04 bits per heavy atom. The highest BCUT2D eigenvalue weighted by molar-refractivity contribution is 5.35. The quantitative estimate of drug-likeness (QED) is 0.875. The van der Waals surface area contributed by atoms with Crippen LogP contribution in [0.4, 0.5) is 5.82 Å². The summed E-state index contributed by atoms with van der Waals surface area (Å²) in [6, 6.07) is 0. The fourth-order valence-corrected chi connectivity index (χ4v) is 3.04. The maximum Gasteiger partial charge on any atom is 0.147 e. The number of nitrogens with one attached hydrogen (secondary N) is 1. The van der Waals surface area contributed by atoms with Crippen LogP contribution < -0.4 is 10.2 Å². The van der Waals surface area contributed by atoms with Crippen molar-refractivity contribution in [2.75, 3.05) is 50.7 Å². The minimum Gasteiger partial charge on any atom is -0.353 e. The molecule has 5 nitrogen and oxygen atoms in total. The van der Waals surface area contributed by atoms with E-state index in [4.69, 9.17) is 0 Å². The number of anilines is 1. The Kier molecular flexibility index (Phi) is 16.4. The summed E-state index contributed by atoms with van der Waals surface area (Å²) in [5.41, 5.74) is 0. The highest BCUT2D eigenvalue weighted by Crippen LogP contribution is 2.16. The summed E-state index contributed by atoms with van der Waals surface area (Å²) in [6.07, 6.45) is 9.30. The molecule has 2 saturated heterocycles. The third-order valence-corrected chi connectivity index (χ3v) is 4.22. The monoisotopic (exact) mass is 365 g/mol. The van der Waals surface area contributed by atoms with Gasteiger partial charge in [0.25, 0.3) is 0 Å². The zero-order valence-electron chi connectivity index (χ0n) is 18.2. The third kappa shape index (κ3) is 10.1. The average Bonchev–Trinajstić information content (AvgIpc) is 2.74. The van der Waals surface area contributed by atoms with Crippen molar-refractivity contribution in [2.45, 2.75) is 60.8 Å². The Hall–Kier alpha value is -1.20. The van der Waals surface area contributed by atoms with Crippen LogP contribution >= 0.6 is 0 Å². The number of piperazine rings is 1. The molecule has 2 fully saturated rings. The van der Waals surface area contributed by atoms with Crippen LogP contribution in [-0.4, -0.2) is 60.7 Å². The minimum absolute atomic E-state index is 0.893. The molecular formula is C21H43N5. The van der Waals surface area contributed by atoms with Crippen LogP contribution in [0.3, 0.4) is 0 Å². The minimum atomic E-state index is 0.893. The SMILES string of the molecule is CC.CC.CCC.c1cnc(N2CCN(CC3CCNCC3)CC2)cn1. The van der Waals surface area contributed by atoms with Crippen molar-refractivity contribution in [1.82, 2.24) is 20.2 Å². The van der Waals surface area contributed by atoms with Gasteiger partial charge in [0.15, 0.2) is 0 Å². The smallest absolute Gasteiger partial charge is 0.147 e. The number of hydrogen-bond acceptors (Lipinski definition) is 5. The van der Waals surface area contributed by atoms with E-state index in [2.05, 4.69) is 38.9 Å². The molecule has 0 aliphatic carbocycles. The molecular weight excluding hydrogens is 322 g/mol. The van der Waals surface area contributed by atoms with Gasteiger partial charge in [-0.3, -0.25) is 9.88 Å². The van der Waals surface area contributed by atoms with Gasteiger partial charge >= 0.3 is 0 Å². The molecule has 0 atom stereocenters. The summed E-state index contributed by atoms with van der Waals surface area (Å²) < 4.78 is 0. The van der Waals surface area contributed by atoms with E-state index in [9.17, 15) is 0 Å². The Morgan fingerprint density at radius 1 is 0.962 bits per heavy atom. The van der Waals surface area contributed by atoms with E-state index in [1.54, 1.807) is 12.4 Å². The van der Waals surface area contributed by atoms with Gasteiger partial charge in [-0.25, -0.2) is 4.98 Å².